The molecule has 0 atom stereocenters. The van der Waals surface area contributed by atoms with Crippen molar-refractivity contribution in [1.29, 1.82) is 0 Å². The Kier molecular flexibility index (Phi) is 3.13. The van der Waals surface area contributed by atoms with Gasteiger partial charge in [-0.25, -0.2) is 13.8 Å². The molecular weight excluding hydrogens is 249 g/mol. The fraction of sp³-hybridized carbons (Fsp3) is 0.286. The van der Waals surface area contributed by atoms with Crippen LogP contribution in [0.5, 0.6) is 0 Å². The van der Waals surface area contributed by atoms with Crippen LogP contribution in [-0.4, -0.2) is 4.98 Å². The van der Waals surface area contributed by atoms with E-state index in [1.54, 1.807) is 0 Å². The van der Waals surface area contributed by atoms with Crippen molar-refractivity contribution in [2.24, 2.45) is 0 Å². The van der Waals surface area contributed by atoms with E-state index in [1.807, 2.05) is 0 Å². The maximum atomic E-state index is 12.7. The lowest BCUT2D eigenvalue weighted by Crippen LogP contribution is -2.04. The third-order valence-corrected chi connectivity index (χ3v) is 2.16. The van der Waals surface area contributed by atoms with Crippen molar-refractivity contribution >= 4 is 21.6 Å². The maximum absolute atomic E-state index is 12.7. The fourth-order valence-corrected chi connectivity index (χ4v) is 1.32. The number of nitrogen functional groups attached to an aromatic ring is 1. The number of hydrogen-bond acceptors (Lipinski definition) is 2. The number of nitrogens with two attached hydrogens (primary N) is 1. The summed E-state index contributed by atoms with van der Waals surface area (Å²) in [6, 6.07) is 0. The van der Waals surface area contributed by atoms with Gasteiger partial charge in [0.1, 0.15) is 0 Å². The van der Waals surface area contributed by atoms with Gasteiger partial charge in [0, 0.05) is 17.1 Å². The van der Waals surface area contributed by atoms with E-state index in [2.05, 4.69) is 20.9 Å². The predicted octanol–water partition coefficient (Wildman–Crippen LogP) is 2.64. The van der Waals surface area contributed by atoms with Gasteiger partial charge in [-0.15, -0.1) is 0 Å². The van der Waals surface area contributed by atoms with E-state index >= 15 is 0 Å². The van der Waals surface area contributed by atoms with Crippen LogP contribution in [0.1, 0.15) is 17.6 Å². The molecule has 0 aliphatic heterocycles. The van der Waals surface area contributed by atoms with E-state index in [4.69, 9.17) is 5.73 Å². The Morgan fingerprint density at radius 2 is 2.15 bits per heavy atom. The van der Waals surface area contributed by atoms with Gasteiger partial charge < -0.3 is 5.73 Å². The average molecular weight is 255 g/mol. The van der Waals surface area contributed by atoms with Crippen molar-refractivity contribution < 1.29 is 13.2 Å². The molecule has 6 heteroatoms. The van der Waals surface area contributed by atoms with Crippen LogP contribution >= 0.6 is 15.9 Å². The molecule has 0 aliphatic carbocycles. The number of halogens is 4. The molecule has 13 heavy (non-hydrogen) atoms. The SMILES string of the molecule is Nc1c(CBr)cnc(F)c1C(F)F. The van der Waals surface area contributed by atoms with Gasteiger partial charge in [0.2, 0.25) is 5.95 Å². The zero-order valence-electron chi connectivity index (χ0n) is 6.40. The lowest BCUT2D eigenvalue weighted by molar-refractivity contribution is 0.146. The van der Waals surface area contributed by atoms with Crippen LogP contribution in [-0.2, 0) is 5.33 Å². The van der Waals surface area contributed by atoms with Crippen molar-refractivity contribution in [1.82, 2.24) is 4.98 Å². The molecule has 0 aliphatic rings. The van der Waals surface area contributed by atoms with Crippen LogP contribution in [0.15, 0.2) is 6.20 Å². The van der Waals surface area contributed by atoms with Crippen molar-refractivity contribution in [2.45, 2.75) is 11.8 Å². The molecule has 0 radical (unpaired) electrons. The summed E-state index contributed by atoms with van der Waals surface area (Å²) in [7, 11) is 0. The topological polar surface area (TPSA) is 38.9 Å². The van der Waals surface area contributed by atoms with Crippen LogP contribution in [0.2, 0.25) is 0 Å². The molecule has 0 amide bonds. The number of anilines is 1. The lowest BCUT2D eigenvalue weighted by atomic mass is 10.1. The van der Waals surface area contributed by atoms with E-state index in [-0.39, 0.29) is 11.0 Å². The number of aromatic nitrogens is 1. The molecule has 72 valence electrons. The van der Waals surface area contributed by atoms with Gasteiger partial charge in [-0.2, -0.15) is 4.39 Å². The molecule has 0 saturated carbocycles. The predicted molar refractivity (Wildman–Crippen MR) is 46.2 cm³/mol. The molecule has 2 N–H and O–H groups in total. The van der Waals surface area contributed by atoms with Crippen molar-refractivity contribution in [3.63, 3.8) is 0 Å². The van der Waals surface area contributed by atoms with Crippen LogP contribution < -0.4 is 5.73 Å². The van der Waals surface area contributed by atoms with E-state index < -0.39 is 17.9 Å². The monoisotopic (exact) mass is 254 g/mol. The van der Waals surface area contributed by atoms with E-state index in [0.29, 0.717) is 5.56 Å². The number of nitrogens with zero attached hydrogens (tertiary/aromatic N) is 1. The second kappa shape index (κ2) is 3.95. The zero-order valence-corrected chi connectivity index (χ0v) is 7.98. The highest BCUT2D eigenvalue weighted by Crippen LogP contribution is 2.29. The normalized spacial score (nSPS) is 10.8. The first-order chi connectivity index (χ1) is 6.07. The Hall–Kier alpha value is -0.780. The highest BCUT2D eigenvalue weighted by atomic mass is 79.9. The quantitative estimate of drug-likeness (QED) is 0.651. The van der Waals surface area contributed by atoms with Crippen LogP contribution in [0.3, 0.4) is 0 Å². The summed E-state index contributed by atoms with van der Waals surface area (Å²) in [5.74, 6) is -1.21. The first-order valence-electron chi connectivity index (χ1n) is 3.34. The summed E-state index contributed by atoms with van der Waals surface area (Å²) in [4.78, 5) is 3.18. The molecule has 1 rings (SSSR count). The number of alkyl halides is 3. The van der Waals surface area contributed by atoms with E-state index in [0.717, 1.165) is 6.20 Å². The Balaban J connectivity index is 3.30. The second-order valence-corrected chi connectivity index (χ2v) is 2.90. The minimum absolute atomic E-state index is 0.237. The summed E-state index contributed by atoms with van der Waals surface area (Å²) >= 11 is 3.03. The molecule has 1 aromatic rings. The molecule has 1 heterocycles. The minimum atomic E-state index is -2.94. The van der Waals surface area contributed by atoms with Crippen LogP contribution in [0, 0.1) is 5.95 Å². The smallest absolute Gasteiger partial charge is 0.270 e. The standard InChI is InChI=1S/C7H6BrF3N2/c8-1-3-2-13-7(11)4(5(3)12)6(9)10/h2,6H,1H2,(H2,12,13). The number of pyridine rings is 1. The average Bonchev–Trinajstić information content (AvgIpc) is 2.04. The molecule has 0 fully saturated rings. The number of rotatable bonds is 2. The van der Waals surface area contributed by atoms with Crippen molar-refractivity contribution in [3.05, 3.63) is 23.3 Å². The molecule has 0 saturated heterocycles. The summed E-state index contributed by atoms with van der Waals surface area (Å²) in [6.45, 7) is 0. The molecule has 1 aromatic heterocycles. The first kappa shape index (κ1) is 10.3. The Morgan fingerprint density at radius 3 is 2.62 bits per heavy atom. The minimum Gasteiger partial charge on any atom is -0.398 e. The third-order valence-electron chi connectivity index (χ3n) is 1.55. The number of hydrogen-bond donors (Lipinski definition) is 1. The van der Waals surface area contributed by atoms with Crippen LogP contribution in [0.4, 0.5) is 18.9 Å². The molecule has 0 unspecified atom stereocenters. The summed E-state index contributed by atoms with van der Waals surface area (Å²) < 4.78 is 37.2. The second-order valence-electron chi connectivity index (χ2n) is 2.34. The van der Waals surface area contributed by atoms with Crippen LogP contribution in [0.25, 0.3) is 0 Å². The molecule has 2 nitrogen and oxygen atoms in total. The summed E-state index contributed by atoms with van der Waals surface area (Å²) in [5, 5.41) is 0.270. The largest absolute Gasteiger partial charge is 0.398 e. The molecule has 0 bridgehead atoms. The van der Waals surface area contributed by atoms with E-state index in [9.17, 15) is 13.2 Å². The third kappa shape index (κ3) is 1.93. The van der Waals surface area contributed by atoms with Gasteiger partial charge in [0.15, 0.2) is 0 Å². The van der Waals surface area contributed by atoms with Gasteiger partial charge >= 0.3 is 0 Å². The van der Waals surface area contributed by atoms with Gasteiger partial charge in [0.25, 0.3) is 6.43 Å². The highest BCUT2D eigenvalue weighted by Gasteiger charge is 2.20. The maximum Gasteiger partial charge on any atom is 0.270 e. The molecule has 0 spiro atoms. The zero-order chi connectivity index (χ0) is 10.0. The Bertz CT molecular complexity index is 317. The fourth-order valence-electron chi connectivity index (χ4n) is 0.872. The van der Waals surface area contributed by atoms with Gasteiger partial charge in [-0.3, -0.25) is 0 Å². The van der Waals surface area contributed by atoms with Gasteiger partial charge in [0.05, 0.1) is 11.3 Å². The molecular formula is C7H6BrF3N2. The van der Waals surface area contributed by atoms with Crippen molar-refractivity contribution in [3.8, 4) is 0 Å². The molecule has 0 aromatic carbocycles. The highest BCUT2D eigenvalue weighted by molar-refractivity contribution is 9.08. The summed E-state index contributed by atoms with van der Waals surface area (Å²) in [5.41, 5.74) is 4.60. The first-order valence-corrected chi connectivity index (χ1v) is 4.47. The Morgan fingerprint density at radius 1 is 1.54 bits per heavy atom. The van der Waals surface area contributed by atoms with Gasteiger partial charge in [-0.05, 0) is 0 Å². The van der Waals surface area contributed by atoms with Gasteiger partial charge in [-0.1, -0.05) is 15.9 Å². The Labute approximate surface area is 81.1 Å². The lowest BCUT2D eigenvalue weighted by Gasteiger charge is -2.08. The van der Waals surface area contributed by atoms with E-state index in [1.165, 1.54) is 0 Å². The summed E-state index contributed by atoms with van der Waals surface area (Å²) in [6.07, 6.45) is -1.81. The van der Waals surface area contributed by atoms with Crippen molar-refractivity contribution in [2.75, 3.05) is 5.73 Å².